The molecular weight excluding hydrogens is 250 g/mol. The Bertz CT molecular complexity index is 577. The Balaban J connectivity index is 1.75. The van der Waals surface area contributed by atoms with E-state index in [1.54, 1.807) is 19.6 Å². The Morgan fingerprint density at radius 3 is 2.70 bits per heavy atom. The zero-order valence-electron chi connectivity index (χ0n) is 11.7. The second-order valence-electron chi connectivity index (χ2n) is 5.25. The van der Waals surface area contributed by atoms with Crippen LogP contribution in [0.15, 0.2) is 52.4 Å². The Labute approximate surface area is 119 Å². The van der Waals surface area contributed by atoms with Crippen LogP contribution in [0.2, 0.25) is 0 Å². The van der Waals surface area contributed by atoms with Crippen LogP contribution in [0, 0.1) is 0 Å². The third-order valence-electron chi connectivity index (χ3n) is 4.00. The highest BCUT2D eigenvalue weighted by atomic mass is 16.6. The van der Waals surface area contributed by atoms with E-state index in [2.05, 4.69) is 29.4 Å². The van der Waals surface area contributed by atoms with Crippen molar-refractivity contribution in [2.45, 2.75) is 31.6 Å². The first kappa shape index (κ1) is 13.0. The van der Waals surface area contributed by atoms with Crippen molar-refractivity contribution in [1.82, 2.24) is 0 Å². The quantitative estimate of drug-likeness (QED) is 0.763. The Morgan fingerprint density at radius 2 is 2.00 bits per heavy atom. The van der Waals surface area contributed by atoms with E-state index in [-0.39, 0.29) is 0 Å². The number of oxime groups is 1. The molecule has 0 amide bonds. The smallest absolute Gasteiger partial charge is 0.106 e. The lowest BCUT2D eigenvalue weighted by molar-refractivity contribution is 0.210. The van der Waals surface area contributed by atoms with Crippen molar-refractivity contribution in [3.8, 4) is 11.1 Å². The van der Waals surface area contributed by atoms with Crippen molar-refractivity contribution in [2.24, 2.45) is 5.16 Å². The van der Waals surface area contributed by atoms with E-state index in [1.165, 1.54) is 16.8 Å². The number of rotatable bonds is 3. The standard InChI is InChI=1S/C17H19NO2/c1-19-18-17-7-5-13(6-8-17)14-3-2-4-15(11-14)16-9-10-20-12-16/h2-4,9-13H,5-8H2,1H3. The van der Waals surface area contributed by atoms with Gasteiger partial charge in [-0.1, -0.05) is 29.4 Å². The van der Waals surface area contributed by atoms with Crippen LogP contribution >= 0.6 is 0 Å². The molecule has 0 aliphatic heterocycles. The van der Waals surface area contributed by atoms with Gasteiger partial charge in [0, 0.05) is 5.56 Å². The molecule has 1 aromatic heterocycles. The third kappa shape index (κ3) is 2.77. The molecule has 3 rings (SSSR count). The molecule has 0 saturated heterocycles. The molecule has 0 N–H and O–H groups in total. The van der Waals surface area contributed by atoms with Crippen LogP contribution in [-0.2, 0) is 4.84 Å². The van der Waals surface area contributed by atoms with Crippen LogP contribution in [0.4, 0.5) is 0 Å². The molecule has 20 heavy (non-hydrogen) atoms. The minimum atomic E-state index is 0.623. The highest BCUT2D eigenvalue weighted by Gasteiger charge is 2.20. The summed E-state index contributed by atoms with van der Waals surface area (Å²) in [7, 11) is 1.62. The highest BCUT2D eigenvalue weighted by Crippen LogP contribution is 2.33. The van der Waals surface area contributed by atoms with E-state index in [9.17, 15) is 0 Å². The summed E-state index contributed by atoms with van der Waals surface area (Å²) in [6.07, 6.45) is 7.89. The minimum Gasteiger partial charge on any atom is -0.472 e. The van der Waals surface area contributed by atoms with Crippen molar-refractivity contribution in [1.29, 1.82) is 0 Å². The molecule has 1 fully saturated rings. The predicted octanol–water partition coefficient (Wildman–Crippen LogP) is 4.61. The topological polar surface area (TPSA) is 34.7 Å². The molecule has 0 radical (unpaired) electrons. The van der Waals surface area contributed by atoms with E-state index >= 15 is 0 Å². The molecule has 1 aliphatic carbocycles. The van der Waals surface area contributed by atoms with Crippen molar-refractivity contribution >= 4 is 5.71 Å². The lowest BCUT2D eigenvalue weighted by Crippen LogP contribution is -2.13. The molecule has 1 saturated carbocycles. The molecule has 1 aliphatic rings. The summed E-state index contributed by atoms with van der Waals surface area (Å²) < 4.78 is 5.17. The first-order valence-electron chi connectivity index (χ1n) is 7.08. The molecule has 0 atom stereocenters. The van der Waals surface area contributed by atoms with Crippen LogP contribution in [0.5, 0.6) is 0 Å². The average Bonchev–Trinajstić information content (AvgIpc) is 3.03. The SMILES string of the molecule is CON=C1CCC(c2cccc(-c3ccoc3)c2)CC1. The number of furan rings is 1. The second kappa shape index (κ2) is 5.95. The largest absolute Gasteiger partial charge is 0.472 e. The summed E-state index contributed by atoms with van der Waals surface area (Å²) in [4.78, 5) is 4.87. The summed E-state index contributed by atoms with van der Waals surface area (Å²) in [5.74, 6) is 0.623. The maximum absolute atomic E-state index is 5.17. The second-order valence-corrected chi connectivity index (χ2v) is 5.25. The molecule has 3 heteroatoms. The van der Waals surface area contributed by atoms with Crippen molar-refractivity contribution in [3.63, 3.8) is 0 Å². The summed E-state index contributed by atoms with van der Waals surface area (Å²) >= 11 is 0. The van der Waals surface area contributed by atoms with Gasteiger partial charge in [-0.15, -0.1) is 0 Å². The van der Waals surface area contributed by atoms with Gasteiger partial charge in [-0.2, -0.15) is 0 Å². The van der Waals surface area contributed by atoms with E-state index in [1.807, 2.05) is 6.07 Å². The molecule has 2 aromatic rings. The zero-order valence-corrected chi connectivity index (χ0v) is 11.7. The predicted molar refractivity (Wildman–Crippen MR) is 79.8 cm³/mol. The van der Waals surface area contributed by atoms with Crippen LogP contribution in [-0.4, -0.2) is 12.8 Å². The molecule has 0 unspecified atom stereocenters. The molecule has 1 aromatic carbocycles. The van der Waals surface area contributed by atoms with E-state index in [0.717, 1.165) is 31.2 Å². The molecule has 3 nitrogen and oxygen atoms in total. The van der Waals surface area contributed by atoms with Gasteiger partial charge in [-0.25, -0.2) is 0 Å². The van der Waals surface area contributed by atoms with Crippen molar-refractivity contribution in [3.05, 3.63) is 48.4 Å². The van der Waals surface area contributed by atoms with Gasteiger partial charge in [0.25, 0.3) is 0 Å². The highest BCUT2D eigenvalue weighted by molar-refractivity contribution is 5.84. The molecule has 1 heterocycles. The number of benzene rings is 1. The van der Waals surface area contributed by atoms with Crippen LogP contribution in [0.25, 0.3) is 11.1 Å². The van der Waals surface area contributed by atoms with Gasteiger partial charge in [0.05, 0.1) is 18.2 Å². The number of nitrogens with zero attached hydrogens (tertiary/aromatic N) is 1. The van der Waals surface area contributed by atoms with Gasteiger partial charge in [0.1, 0.15) is 7.11 Å². The Kier molecular flexibility index (Phi) is 3.86. The fraction of sp³-hybridized carbons (Fsp3) is 0.353. The lowest BCUT2D eigenvalue weighted by Gasteiger charge is -2.23. The summed E-state index contributed by atoms with van der Waals surface area (Å²) in [5.41, 5.74) is 4.98. The first-order chi connectivity index (χ1) is 9.86. The number of hydrogen-bond donors (Lipinski definition) is 0. The maximum Gasteiger partial charge on any atom is 0.106 e. The summed E-state index contributed by atoms with van der Waals surface area (Å²) in [5, 5.41) is 4.07. The number of hydrogen-bond acceptors (Lipinski definition) is 3. The van der Waals surface area contributed by atoms with Crippen LogP contribution in [0.1, 0.15) is 37.2 Å². The Hall–Kier alpha value is -2.03. The average molecular weight is 269 g/mol. The van der Waals surface area contributed by atoms with Gasteiger partial charge in [-0.05, 0) is 48.8 Å². The van der Waals surface area contributed by atoms with Crippen molar-refractivity contribution < 1.29 is 9.25 Å². The fourth-order valence-corrected chi connectivity index (χ4v) is 2.91. The van der Waals surface area contributed by atoms with E-state index in [4.69, 9.17) is 9.25 Å². The molecular formula is C17H19NO2. The van der Waals surface area contributed by atoms with Crippen LogP contribution < -0.4 is 0 Å². The summed E-state index contributed by atoms with van der Waals surface area (Å²) in [6.45, 7) is 0. The monoisotopic (exact) mass is 269 g/mol. The van der Waals surface area contributed by atoms with Crippen LogP contribution in [0.3, 0.4) is 0 Å². The fourth-order valence-electron chi connectivity index (χ4n) is 2.91. The van der Waals surface area contributed by atoms with Gasteiger partial charge in [0.2, 0.25) is 0 Å². The van der Waals surface area contributed by atoms with Gasteiger partial charge in [-0.3, -0.25) is 0 Å². The molecule has 0 bridgehead atoms. The van der Waals surface area contributed by atoms with Gasteiger partial charge in [0.15, 0.2) is 0 Å². The minimum absolute atomic E-state index is 0.623. The van der Waals surface area contributed by atoms with Gasteiger partial charge >= 0.3 is 0 Å². The van der Waals surface area contributed by atoms with Gasteiger partial charge < -0.3 is 9.25 Å². The Morgan fingerprint density at radius 1 is 1.15 bits per heavy atom. The van der Waals surface area contributed by atoms with E-state index in [0.29, 0.717) is 5.92 Å². The molecule has 0 spiro atoms. The van der Waals surface area contributed by atoms with Crippen molar-refractivity contribution in [2.75, 3.05) is 7.11 Å². The van der Waals surface area contributed by atoms with E-state index < -0.39 is 0 Å². The third-order valence-corrected chi connectivity index (χ3v) is 4.00. The summed E-state index contributed by atoms with van der Waals surface area (Å²) in [6, 6.07) is 10.8. The lowest BCUT2D eigenvalue weighted by atomic mass is 9.82. The zero-order chi connectivity index (χ0) is 13.8. The maximum atomic E-state index is 5.17. The molecule has 104 valence electrons. The normalized spacial score (nSPS) is 18.9. The first-order valence-corrected chi connectivity index (χ1v) is 7.08.